The molecule has 1 heterocycles. The summed E-state index contributed by atoms with van der Waals surface area (Å²) in [6.07, 6.45) is -0.359. The van der Waals surface area contributed by atoms with Gasteiger partial charge in [0.05, 0.1) is 5.56 Å². The molecule has 128 valence electrons. The smallest absolute Gasteiger partial charge is 0.314 e. The van der Waals surface area contributed by atoms with Gasteiger partial charge in [0.25, 0.3) is 0 Å². The van der Waals surface area contributed by atoms with Crippen LogP contribution in [0.5, 0.6) is 0 Å². The van der Waals surface area contributed by atoms with Crippen molar-refractivity contribution < 1.29 is 17.6 Å². The first-order chi connectivity index (χ1) is 11.0. The van der Waals surface area contributed by atoms with Gasteiger partial charge in [0, 0.05) is 37.8 Å². The summed E-state index contributed by atoms with van der Waals surface area (Å²) >= 11 is 0. The summed E-state index contributed by atoms with van der Waals surface area (Å²) < 4.78 is 53.5. The molecular formula is C17H22F4N2. The number of halogens is 4. The summed E-state index contributed by atoms with van der Waals surface area (Å²) in [5, 5.41) is 3.25. The predicted molar refractivity (Wildman–Crippen MR) is 80.5 cm³/mol. The first-order valence-electron chi connectivity index (χ1n) is 8.28. The summed E-state index contributed by atoms with van der Waals surface area (Å²) in [6.45, 7) is 3.08. The molecule has 2 fully saturated rings. The minimum atomic E-state index is -4.44. The highest BCUT2D eigenvalue weighted by atomic mass is 19.4. The number of hydrogen-bond donors (Lipinski definition) is 1. The Morgan fingerprint density at radius 2 is 1.74 bits per heavy atom. The molecule has 1 atom stereocenters. The van der Waals surface area contributed by atoms with Gasteiger partial charge >= 0.3 is 6.18 Å². The molecule has 0 aromatic heterocycles. The second kappa shape index (κ2) is 6.77. The zero-order valence-electron chi connectivity index (χ0n) is 13.0. The van der Waals surface area contributed by atoms with Crippen LogP contribution in [-0.2, 0) is 6.18 Å². The molecule has 23 heavy (non-hydrogen) atoms. The lowest BCUT2D eigenvalue weighted by Gasteiger charge is -2.39. The van der Waals surface area contributed by atoms with Gasteiger partial charge in [-0.1, -0.05) is 12.8 Å². The average molecular weight is 330 g/mol. The standard InChI is InChI=1S/C17H22F4N2/c18-15-6-5-13(17(19,20)21)11-14(15)16(12-3-1-2-4-12)23-9-7-22-8-10-23/h5-6,11-12,16,22H,1-4,7-10H2/t16-/m1/s1. The maximum Gasteiger partial charge on any atom is 0.416 e. The number of alkyl halides is 3. The third-order valence-electron chi connectivity index (χ3n) is 5.03. The highest BCUT2D eigenvalue weighted by Crippen LogP contribution is 2.42. The Hall–Kier alpha value is -1.14. The Kier molecular flexibility index (Phi) is 4.92. The van der Waals surface area contributed by atoms with E-state index in [4.69, 9.17) is 0 Å². The number of piperazine rings is 1. The Morgan fingerprint density at radius 1 is 1.09 bits per heavy atom. The Morgan fingerprint density at radius 3 is 2.35 bits per heavy atom. The SMILES string of the molecule is Fc1ccc(C(F)(F)F)cc1[C@@H](C1CCCC1)N1CCNCC1. The third kappa shape index (κ3) is 3.69. The second-order valence-electron chi connectivity index (χ2n) is 6.51. The molecule has 3 rings (SSSR count). The number of rotatable bonds is 3. The van der Waals surface area contributed by atoms with Gasteiger partial charge in [0.1, 0.15) is 5.82 Å². The van der Waals surface area contributed by atoms with E-state index in [0.717, 1.165) is 70.1 Å². The van der Waals surface area contributed by atoms with Crippen LogP contribution in [0.3, 0.4) is 0 Å². The summed E-state index contributed by atoms with van der Waals surface area (Å²) in [5.41, 5.74) is -0.541. The first kappa shape index (κ1) is 16.7. The highest BCUT2D eigenvalue weighted by molar-refractivity contribution is 5.30. The van der Waals surface area contributed by atoms with E-state index >= 15 is 0 Å². The van der Waals surface area contributed by atoms with Crippen molar-refractivity contribution in [2.75, 3.05) is 26.2 Å². The quantitative estimate of drug-likeness (QED) is 0.844. The Balaban J connectivity index is 1.98. The van der Waals surface area contributed by atoms with E-state index in [9.17, 15) is 17.6 Å². The summed E-state index contributed by atoms with van der Waals surface area (Å²) in [5.74, 6) is -0.278. The van der Waals surface area contributed by atoms with Crippen LogP contribution in [0.2, 0.25) is 0 Å². The van der Waals surface area contributed by atoms with E-state index in [1.54, 1.807) is 0 Å². The Bertz CT molecular complexity index is 532. The van der Waals surface area contributed by atoms with E-state index in [1.165, 1.54) is 0 Å². The zero-order valence-corrected chi connectivity index (χ0v) is 13.0. The summed E-state index contributed by atoms with van der Waals surface area (Å²) in [6, 6.07) is 2.59. The predicted octanol–water partition coefficient (Wildman–Crippen LogP) is 3.98. The highest BCUT2D eigenvalue weighted by Gasteiger charge is 2.36. The molecule has 1 aliphatic carbocycles. The van der Waals surface area contributed by atoms with Crippen molar-refractivity contribution in [3.63, 3.8) is 0 Å². The number of hydrogen-bond acceptors (Lipinski definition) is 2. The van der Waals surface area contributed by atoms with Gasteiger partial charge in [-0.15, -0.1) is 0 Å². The van der Waals surface area contributed by atoms with Gasteiger partial charge in [-0.05, 0) is 37.0 Å². The lowest BCUT2D eigenvalue weighted by molar-refractivity contribution is -0.137. The van der Waals surface area contributed by atoms with Gasteiger partial charge < -0.3 is 5.32 Å². The molecule has 0 radical (unpaired) electrons. The normalized spacial score (nSPS) is 22.4. The molecule has 1 saturated heterocycles. The minimum absolute atomic E-state index is 0.216. The fourth-order valence-corrected chi connectivity index (χ4v) is 3.93. The largest absolute Gasteiger partial charge is 0.416 e. The van der Waals surface area contributed by atoms with Crippen molar-refractivity contribution in [3.8, 4) is 0 Å². The van der Waals surface area contributed by atoms with Gasteiger partial charge in [0.15, 0.2) is 0 Å². The molecule has 2 aliphatic rings. The van der Waals surface area contributed by atoms with Crippen molar-refractivity contribution in [1.82, 2.24) is 10.2 Å². The minimum Gasteiger partial charge on any atom is -0.314 e. The van der Waals surface area contributed by atoms with E-state index in [-0.39, 0.29) is 17.5 Å². The number of nitrogens with zero attached hydrogens (tertiary/aromatic N) is 1. The monoisotopic (exact) mass is 330 g/mol. The third-order valence-corrected chi connectivity index (χ3v) is 5.03. The van der Waals surface area contributed by atoms with Crippen LogP contribution in [-0.4, -0.2) is 31.1 Å². The molecule has 0 amide bonds. The van der Waals surface area contributed by atoms with E-state index in [1.807, 2.05) is 0 Å². The molecule has 1 N–H and O–H groups in total. The van der Waals surface area contributed by atoms with Crippen LogP contribution < -0.4 is 5.32 Å². The molecule has 0 unspecified atom stereocenters. The second-order valence-corrected chi connectivity index (χ2v) is 6.51. The summed E-state index contributed by atoms with van der Waals surface area (Å²) in [4.78, 5) is 2.16. The van der Waals surface area contributed by atoms with Crippen molar-refractivity contribution in [2.45, 2.75) is 37.9 Å². The molecule has 1 saturated carbocycles. The van der Waals surface area contributed by atoms with Crippen molar-refractivity contribution in [2.24, 2.45) is 5.92 Å². The molecule has 6 heteroatoms. The molecule has 2 nitrogen and oxygen atoms in total. The maximum absolute atomic E-state index is 14.4. The van der Waals surface area contributed by atoms with E-state index < -0.39 is 17.6 Å². The Labute approximate surface area is 133 Å². The number of nitrogens with one attached hydrogen (secondary N) is 1. The molecule has 0 bridgehead atoms. The van der Waals surface area contributed by atoms with Crippen LogP contribution in [0.25, 0.3) is 0 Å². The van der Waals surface area contributed by atoms with Crippen LogP contribution in [0.15, 0.2) is 18.2 Å². The van der Waals surface area contributed by atoms with Crippen molar-refractivity contribution in [1.29, 1.82) is 0 Å². The van der Waals surface area contributed by atoms with Gasteiger partial charge in [-0.25, -0.2) is 4.39 Å². The summed E-state index contributed by atoms with van der Waals surface area (Å²) in [7, 11) is 0. The fraction of sp³-hybridized carbons (Fsp3) is 0.647. The van der Waals surface area contributed by atoms with Gasteiger partial charge in [-0.2, -0.15) is 13.2 Å². The van der Waals surface area contributed by atoms with Crippen molar-refractivity contribution in [3.05, 3.63) is 35.1 Å². The van der Waals surface area contributed by atoms with Gasteiger partial charge in [0.2, 0.25) is 0 Å². The molecule has 1 aliphatic heterocycles. The maximum atomic E-state index is 14.4. The van der Waals surface area contributed by atoms with E-state index in [0.29, 0.717) is 0 Å². The van der Waals surface area contributed by atoms with Crippen LogP contribution in [0, 0.1) is 11.7 Å². The molecular weight excluding hydrogens is 308 g/mol. The molecule has 1 aromatic carbocycles. The average Bonchev–Trinajstić information content (AvgIpc) is 3.03. The molecule has 1 aromatic rings. The zero-order chi connectivity index (χ0) is 16.4. The molecule has 0 spiro atoms. The topological polar surface area (TPSA) is 15.3 Å². The van der Waals surface area contributed by atoms with Crippen LogP contribution >= 0.6 is 0 Å². The fourth-order valence-electron chi connectivity index (χ4n) is 3.93. The number of benzene rings is 1. The lowest BCUT2D eigenvalue weighted by Crippen LogP contribution is -2.47. The lowest BCUT2D eigenvalue weighted by atomic mass is 9.88. The van der Waals surface area contributed by atoms with Gasteiger partial charge in [-0.3, -0.25) is 4.90 Å². The van der Waals surface area contributed by atoms with Crippen LogP contribution in [0.1, 0.15) is 42.9 Å². The van der Waals surface area contributed by atoms with Crippen molar-refractivity contribution >= 4 is 0 Å². The first-order valence-corrected chi connectivity index (χ1v) is 8.28. The van der Waals surface area contributed by atoms with Crippen LogP contribution in [0.4, 0.5) is 17.6 Å². The van der Waals surface area contributed by atoms with E-state index in [2.05, 4.69) is 10.2 Å².